The summed E-state index contributed by atoms with van der Waals surface area (Å²) in [5.41, 5.74) is 14.8. The van der Waals surface area contributed by atoms with E-state index in [-0.39, 0.29) is 0 Å². The van der Waals surface area contributed by atoms with Crippen molar-refractivity contribution in [2.45, 2.75) is 0 Å². The molecule has 0 spiro atoms. The highest BCUT2D eigenvalue weighted by Crippen LogP contribution is 2.43. The summed E-state index contributed by atoms with van der Waals surface area (Å²) in [5, 5.41) is 3.03. The Balaban J connectivity index is 1.20. The van der Waals surface area contributed by atoms with Crippen LogP contribution in [0.5, 0.6) is 0 Å². The van der Waals surface area contributed by atoms with E-state index < -0.39 is 0 Å². The van der Waals surface area contributed by atoms with E-state index in [0.29, 0.717) is 5.82 Å². The largest absolute Gasteiger partial charge is 0.247 e. The van der Waals surface area contributed by atoms with Gasteiger partial charge in [-0.1, -0.05) is 188 Å². The number of nitrogens with zero attached hydrogens (tertiary/aromatic N) is 5. The van der Waals surface area contributed by atoms with Crippen LogP contribution in [-0.4, -0.2) is 24.9 Å². The van der Waals surface area contributed by atoms with Gasteiger partial charge in [0, 0.05) is 55.1 Å². The molecule has 0 bridgehead atoms. The van der Waals surface area contributed by atoms with Gasteiger partial charge in [0.1, 0.15) is 0 Å². The van der Waals surface area contributed by atoms with E-state index in [1.54, 1.807) is 0 Å². The van der Waals surface area contributed by atoms with Crippen molar-refractivity contribution in [3.05, 3.63) is 212 Å². The third kappa shape index (κ3) is 6.35. The molecule has 11 aromatic rings. The lowest BCUT2D eigenvalue weighted by Crippen LogP contribution is -2.00. The molecule has 0 radical (unpaired) electrons. The Kier molecular flexibility index (Phi) is 8.75. The molecule has 0 fully saturated rings. The Bertz CT molecular complexity index is 3280. The van der Waals surface area contributed by atoms with Crippen LogP contribution in [0.25, 0.3) is 112 Å². The molecule has 3 aromatic heterocycles. The molecule has 280 valence electrons. The first-order chi connectivity index (χ1) is 29.7. The lowest BCUT2D eigenvalue weighted by Gasteiger charge is -2.18. The molecule has 0 unspecified atom stereocenters. The maximum atomic E-state index is 5.66. The van der Waals surface area contributed by atoms with Crippen LogP contribution in [0, 0.1) is 0 Å². The predicted molar refractivity (Wildman–Crippen MR) is 246 cm³/mol. The maximum Gasteiger partial charge on any atom is 0.160 e. The third-order valence-electron chi connectivity index (χ3n) is 11.0. The summed E-state index contributed by atoms with van der Waals surface area (Å²) in [4.78, 5) is 26.9. The number of aromatic nitrogens is 5. The van der Waals surface area contributed by atoms with Crippen molar-refractivity contribution in [1.82, 2.24) is 24.9 Å². The van der Waals surface area contributed by atoms with Gasteiger partial charge < -0.3 is 0 Å². The summed E-state index contributed by atoms with van der Waals surface area (Å²) in [6.07, 6.45) is 0. The highest BCUT2D eigenvalue weighted by Gasteiger charge is 2.22. The van der Waals surface area contributed by atoms with Crippen LogP contribution in [-0.2, 0) is 0 Å². The van der Waals surface area contributed by atoms with Gasteiger partial charge in [0.2, 0.25) is 0 Å². The van der Waals surface area contributed by atoms with Gasteiger partial charge in [-0.2, -0.15) is 0 Å². The molecular formula is C55H35N5. The van der Waals surface area contributed by atoms with Crippen molar-refractivity contribution < 1.29 is 0 Å². The summed E-state index contributed by atoms with van der Waals surface area (Å²) in [5.74, 6) is 0.674. The molecule has 0 saturated heterocycles. The molecule has 11 rings (SSSR count). The fraction of sp³-hybridized carbons (Fsp3) is 0. The van der Waals surface area contributed by atoms with Crippen molar-refractivity contribution in [3.8, 4) is 78.8 Å². The van der Waals surface area contributed by atoms with Crippen LogP contribution in [0.15, 0.2) is 212 Å². The van der Waals surface area contributed by atoms with E-state index in [9.17, 15) is 0 Å². The van der Waals surface area contributed by atoms with Gasteiger partial charge >= 0.3 is 0 Å². The van der Waals surface area contributed by atoms with E-state index in [1.165, 1.54) is 0 Å². The molecule has 0 amide bonds. The number of benzene rings is 8. The zero-order chi connectivity index (χ0) is 39.8. The molecule has 0 aliphatic heterocycles. The fourth-order valence-corrected chi connectivity index (χ4v) is 8.18. The van der Waals surface area contributed by atoms with Crippen molar-refractivity contribution in [2.75, 3.05) is 0 Å². The van der Waals surface area contributed by atoms with Crippen LogP contribution in [0.2, 0.25) is 0 Å². The Morgan fingerprint density at radius 3 is 1.38 bits per heavy atom. The summed E-state index contributed by atoms with van der Waals surface area (Å²) in [7, 11) is 0. The first-order valence-corrected chi connectivity index (χ1v) is 20.1. The second-order valence-corrected chi connectivity index (χ2v) is 14.8. The number of hydrogen-bond acceptors (Lipinski definition) is 5. The smallest absolute Gasteiger partial charge is 0.160 e. The van der Waals surface area contributed by atoms with E-state index in [2.05, 4.69) is 152 Å². The second kappa shape index (κ2) is 15.0. The zero-order valence-corrected chi connectivity index (χ0v) is 32.4. The van der Waals surface area contributed by atoms with E-state index in [1.807, 2.05) is 60.7 Å². The lowest BCUT2D eigenvalue weighted by atomic mass is 9.92. The van der Waals surface area contributed by atoms with Gasteiger partial charge in [-0.05, 0) is 29.8 Å². The van der Waals surface area contributed by atoms with Crippen LogP contribution in [0.4, 0.5) is 0 Å². The summed E-state index contributed by atoms with van der Waals surface area (Å²) < 4.78 is 0. The number of fused-ring (bicyclic) bond motifs is 5. The molecule has 0 aliphatic carbocycles. The van der Waals surface area contributed by atoms with E-state index >= 15 is 0 Å². The number of rotatable bonds is 7. The third-order valence-corrected chi connectivity index (χ3v) is 11.0. The number of pyridine rings is 1. The van der Waals surface area contributed by atoms with Crippen LogP contribution < -0.4 is 0 Å². The van der Waals surface area contributed by atoms with Crippen molar-refractivity contribution in [1.29, 1.82) is 0 Å². The topological polar surface area (TPSA) is 64.5 Å². The Morgan fingerprint density at radius 1 is 0.267 bits per heavy atom. The summed E-state index contributed by atoms with van der Waals surface area (Å²) in [6, 6.07) is 73.0. The monoisotopic (exact) mass is 765 g/mol. The number of para-hydroxylation sites is 1. The molecule has 60 heavy (non-hydrogen) atoms. The quantitative estimate of drug-likeness (QED) is 0.151. The van der Waals surface area contributed by atoms with Crippen LogP contribution in [0.3, 0.4) is 0 Å². The Morgan fingerprint density at radius 2 is 0.750 bits per heavy atom. The minimum absolute atomic E-state index is 0.674. The molecule has 5 heteroatoms. The van der Waals surface area contributed by atoms with Crippen molar-refractivity contribution in [3.63, 3.8) is 0 Å². The molecule has 0 aliphatic rings. The van der Waals surface area contributed by atoms with Gasteiger partial charge in [0.25, 0.3) is 0 Å². The molecule has 3 heterocycles. The van der Waals surface area contributed by atoms with E-state index in [4.69, 9.17) is 24.9 Å². The average Bonchev–Trinajstić information content (AvgIpc) is 3.34. The van der Waals surface area contributed by atoms with Gasteiger partial charge in [-0.15, -0.1) is 0 Å². The molecular weight excluding hydrogens is 731 g/mol. The van der Waals surface area contributed by atoms with Gasteiger partial charge in [-0.3, -0.25) is 0 Å². The maximum absolute atomic E-state index is 5.66. The minimum Gasteiger partial charge on any atom is -0.247 e. The van der Waals surface area contributed by atoms with Crippen molar-refractivity contribution >= 4 is 32.7 Å². The lowest BCUT2D eigenvalue weighted by molar-refractivity contribution is 1.18. The molecule has 8 aromatic carbocycles. The van der Waals surface area contributed by atoms with Gasteiger partial charge in [0.15, 0.2) is 5.82 Å². The number of hydrogen-bond donors (Lipinski definition) is 0. The first kappa shape index (κ1) is 35.0. The first-order valence-electron chi connectivity index (χ1n) is 20.1. The van der Waals surface area contributed by atoms with Crippen LogP contribution >= 0.6 is 0 Å². The standard InChI is InChI=1S/C55H35N5/c1-6-19-36(20-7-1)44-34-45-49(54-53(44)59-51(38-23-10-3-11-24-38)52(60-54)39-25-12-4-13-26-39)43-31-16-17-32-46(43)56-50(45)42-30-18-29-41(33-42)48-35-47(37-21-8-2-9-22-37)57-55(58-48)40-27-14-5-15-28-40/h1-35H. The molecule has 0 atom stereocenters. The summed E-state index contributed by atoms with van der Waals surface area (Å²) in [6.45, 7) is 0. The molecule has 5 nitrogen and oxygen atoms in total. The fourth-order valence-electron chi connectivity index (χ4n) is 8.18. The molecule has 0 saturated carbocycles. The highest BCUT2D eigenvalue weighted by molar-refractivity contribution is 6.24. The SMILES string of the molecule is c1ccc(-c2cc(-c3cccc(-c4nc5ccccc5c5c4cc(-c4ccccc4)c4nc(-c6ccccc6)c(-c6ccccc6)nc45)c3)nc(-c3ccccc3)n2)cc1. The van der Waals surface area contributed by atoms with Gasteiger partial charge in [-0.25, -0.2) is 24.9 Å². The second-order valence-electron chi connectivity index (χ2n) is 14.8. The Labute approximate surface area is 347 Å². The molecule has 0 N–H and O–H groups in total. The predicted octanol–water partition coefficient (Wildman–Crippen LogP) is 13.8. The Hall–Kier alpha value is -8.15. The normalized spacial score (nSPS) is 11.3. The summed E-state index contributed by atoms with van der Waals surface area (Å²) >= 11 is 0. The highest BCUT2D eigenvalue weighted by atomic mass is 14.9. The average molecular weight is 766 g/mol. The van der Waals surface area contributed by atoms with Gasteiger partial charge in [0.05, 0.1) is 45.0 Å². The minimum atomic E-state index is 0.674. The van der Waals surface area contributed by atoms with Crippen LogP contribution in [0.1, 0.15) is 0 Å². The van der Waals surface area contributed by atoms with E-state index in [0.717, 1.165) is 106 Å². The van der Waals surface area contributed by atoms with Crippen molar-refractivity contribution in [2.24, 2.45) is 0 Å². The zero-order valence-electron chi connectivity index (χ0n) is 32.4.